The quantitative estimate of drug-likeness (QED) is 0.429. The summed E-state index contributed by atoms with van der Waals surface area (Å²) in [6.45, 7) is 6.50. The number of benzene rings is 1. The van der Waals surface area contributed by atoms with Crippen molar-refractivity contribution in [2.24, 2.45) is 23.2 Å². The van der Waals surface area contributed by atoms with Gasteiger partial charge in [0.1, 0.15) is 5.76 Å². The SMILES string of the molecule is O=[N+]([O-])c1ccc(C=C(O)CN2CC3CN(CC4CC4)CC(C2)C32CCCC2)cc1. The summed E-state index contributed by atoms with van der Waals surface area (Å²) in [6.07, 6.45) is 10.2. The number of piperidine rings is 2. The van der Waals surface area contributed by atoms with Crippen molar-refractivity contribution >= 4 is 11.8 Å². The van der Waals surface area contributed by atoms with Gasteiger partial charge >= 0.3 is 0 Å². The summed E-state index contributed by atoms with van der Waals surface area (Å²) in [5, 5.41) is 21.4. The first-order chi connectivity index (χ1) is 14.5. The zero-order valence-corrected chi connectivity index (χ0v) is 17.7. The van der Waals surface area contributed by atoms with Crippen LogP contribution in [0.5, 0.6) is 0 Å². The number of nitro benzene ring substituents is 1. The zero-order chi connectivity index (χ0) is 20.7. The van der Waals surface area contributed by atoms with E-state index >= 15 is 0 Å². The smallest absolute Gasteiger partial charge is 0.269 e. The van der Waals surface area contributed by atoms with Crippen LogP contribution in [0.2, 0.25) is 0 Å². The molecule has 2 atom stereocenters. The van der Waals surface area contributed by atoms with Crippen LogP contribution in [0.4, 0.5) is 5.69 Å². The molecule has 2 bridgehead atoms. The minimum absolute atomic E-state index is 0.0770. The van der Waals surface area contributed by atoms with Crippen LogP contribution in [-0.4, -0.2) is 59.1 Å². The lowest BCUT2D eigenvalue weighted by Gasteiger charge is -2.57. The molecule has 0 radical (unpaired) electrons. The molecule has 2 saturated carbocycles. The van der Waals surface area contributed by atoms with E-state index in [4.69, 9.17) is 0 Å². The molecule has 0 amide bonds. The largest absolute Gasteiger partial charge is 0.511 e. The van der Waals surface area contributed by atoms with Crippen molar-refractivity contribution in [2.45, 2.75) is 38.5 Å². The molecule has 1 aromatic carbocycles. The Labute approximate surface area is 178 Å². The van der Waals surface area contributed by atoms with Gasteiger partial charge in [-0.25, -0.2) is 0 Å². The monoisotopic (exact) mass is 411 g/mol. The average Bonchev–Trinajstić information content (AvgIpc) is 3.38. The predicted molar refractivity (Wildman–Crippen MR) is 117 cm³/mol. The minimum atomic E-state index is -0.398. The number of aliphatic hydroxyl groups is 1. The van der Waals surface area contributed by atoms with Crippen molar-refractivity contribution in [1.82, 2.24) is 9.80 Å². The third-order valence-electron chi connectivity index (χ3n) is 8.11. The number of non-ortho nitro benzene ring substituents is 1. The molecule has 6 nitrogen and oxygen atoms in total. The molecule has 0 aromatic heterocycles. The maximum atomic E-state index is 10.8. The van der Waals surface area contributed by atoms with E-state index in [9.17, 15) is 15.2 Å². The van der Waals surface area contributed by atoms with Gasteiger partial charge in [0.25, 0.3) is 5.69 Å². The number of aliphatic hydroxyl groups excluding tert-OH is 1. The molecule has 2 aliphatic heterocycles. The highest BCUT2D eigenvalue weighted by Gasteiger charge is 2.54. The third kappa shape index (κ3) is 4.00. The van der Waals surface area contributed by atoms with E-state index in [2.05, 4.69) is 9.80 Å². The van der Waals surface area contributed by atoms with Crippen molar-refractivity contribution in [3.63, 3.8) is 0 Å². The fourth-order valence-corrected chi connectivity index (χ4v) is 6.52. The minimum Gasteiger partial charge on any atom is -0.511 e. The van der Waals surface area contributed by atoms with Gasteiger partial charge in [0, 0.05) is 44.9 Å². The number of nitro groups is 1. The molecule has 1 N–H and O–H groups in total. The molecule has 1 aromatic rings. The van der Waals surface area contributed by atoms with Gasteiger partial charge in [-0.05, 0) is 72.6 Å². The van der Waals surface area contributed by atoms with Gasteiger partial charge in [-0.2, -0.15) is 0 Å². The number of hydrogen-bond acceptors (Lipinski definition) is 5. The van der Waals surface area contributed by atoms with Crippen LogP contribution < -0.4 is 0 Å². The Balaban J connectivity index is 1.25. The standard InChI is InChI=1S/C24H33N3O3/c28-23(11-18-5-7-22(8-6-18)27(29)30)17-26-15-20-13-25(12-19-3-4-19)14-21(16-26)24(20)9-1-2-10-24/h5-8,11,19-21,28H,1-4,9-10,12-17H2. The Hall–Kier alpha value is -1.92. The molecular formula is C24H33N3O3. The summed E-state index contributed by atoms with van der Waals surface area (Å²) in [4.78, 5) is 15.6. The molecular weight excluding hydrogens is 378 g/mol. The Kier molecular flexibility index (Phi) is 5.31. The van der Waals surface area contributed by atoms with Gasteiger partial charge in [0.2, 0.25) is 0 Å². The number of hydrogen-bond donors (Lipinski definition) is 1. The first kappa shape index (κ1) is 20.0. The van der Waals surface area contributed by atoms with Crippen LogP contribution in [0, 0.1) is 33.3 Å². The molecule has 2 heterocycles. The first-order valence-electron chi connectivity index (χ1n) is 11.6. The van der Waals surface area contributed by atoms with Gasteiger partial charge in [-0.15, -0.1) is 0 Å². The maximum Gasteiger partial charge on any atom is 0.269 e. The first-order valence-corrected chi connectivity index (χ1v) is 11.6. The fraction of sp³-hybridized carbons (Fsp3) is 0.667. The summed E-state index contributed by atoms with van der Waals surface area (Å²) in [6, 6.07) is 6.37. The van der Waals surface area contributed by atoms with Crippen LogP contribution in [0.25, 0.3) is 6.08 Å². The summed E-state index contributed by atoms with van der Waals surface area (Å²) < 4.78 is 0. The number of rotatable bonds is 6. The van der Waals surface area contributed by atoms with E-state index in [0.29, 0.717) is 17.7 Å². The van der Waals surface area contributed by atoms with Gasteiger partial charge in [0.05, 0.1) is 11.5 Å². The molecule has 2 aliphatic carbocycles. The van der Waals surface area contributed by atoms with E-state index in [1.165, 1.54) is 70.3 Å². The van der Waals surface area contributed by atoms with Gasteiger partial charge in [-0.3, -0.25) is 15.0 Å². The molecule has 5 rings (SSSR count). The van der Waals surface area contributed by atoms with E-state index in [-0.39, 0.29) is 5.69 Å². The normalized spacial score (nSPS) is 29.4. The van der Waals surface area contributed by atoms with Crippen molar-refractivity contribution < 1.29 is 10.0 Å². The molecule has 2 saturated heterocycles. The molecule has 30 heavy (non-hydrogen) atoms. The van der Waals surface area contributed by atoms with E-state index in [0.717, 1.165) is 36.4 Å². The van der Waals surface area contributed by atoms with Crippen LogP contribution >= 0.6 is 0 Å². The van der Waals surface area contributed by atoms with Crippen LogP contribution in [0.1, 0.15) is 44.1 Å². The Morgan fingerprint density at radius 3 is 2.23 bits per heavy atom. The topological polar surface area (TPSA) is 69.8 Å². The lowest BCUT2D eigenvalue weighted by Crippen LogP contribution is -2.62. The molecule has 6 heteroatoms. The highest BCUT2D eigenvalue weighted by Crippen LogP contribution is 2.55. The van der Waals surface area contributed by atoms with E-state index < -0.39 is 4.92 Å². The molecule has 4 aliphatic rings. The zero-order valence-electron chi connectivity index (χ0n) is 17.7. The summed E-state index contributed by atoms with van der Waals surface area (Å²) in [5.74, 6) is 2.74. The van der Waals surface area contributed by atoms with Gasteiger partial charge in [0.15, 0.2) is 0 Å². The van der Waals surface area contributed by atoms with Crippen molar-refractivity contribution in [3.05, 3.63) is 45.7 Å². The molecule has 2 unspecified atom stereocenters. The number of nitrogens with zero attached hydrogens (tertiary/aromatic N) is 3. The lowest BCUT2D eigenvalue weighted by atomic mass is 9.60. The summed E-state index contributed by atoms with van der Waals surface area (Å²) in [5.41, 5.74) is 1.43. The lowest BCUT2D eigenvalue weighted by molar-refractivity contribution is -0.384. The van der Waals surface area contributed by atoms with Crippen molar-refractivity contribution in [2.75, 3.05) is 39.3 Å². The Morgan fingerprint density at radius 1 is 1.07 bits per heavy atom. The summed E-state index contributed by atoms with van der Waals surface area (Å²) >= 11 is 0. The van der Waals surface area contributed by atoms with Crippen LogP contribution in [0.3, 0.4) is 0 Å². The second kappa shape index (κ2) is 7.97. The van der Waals surface area contributed by atoms with Crippen molar-refractivity contribution in [3.8, 4) is 0 Å². The Morgan fingerprint density at radius 2 is 1.67 bits per heavy atom. The second-order valence-corrected chi connectivity index (χ2v) is 10.2. The number of likely N-dealkylation sites (tertiary alicyclic amines) is 2. The maximum absolute atomic E-state index is 10.8. The Bertz CT molecular complexity index is 793. The summed E-state index contributed by atoms with van der Waals surface area (Å²) in [7, 11) is 0. The fourth-order valence-electron chi connectivity index (χ4n) is 6.52. The van der Waals surface area contributed by atoms with Gasteiger partial charge < -0.3 is 10.0 Å². The van der Waals surface area contributed by atoms with E-state index in [1.54, 1.807) is 18.2 Å². The van der Waals surface area contributed by atoms with Crippen molar-refractivity contribution in [1.29, 1.82) is 0 Å². The van der Waals surface area contributed by atoms with Crippen LogP contribution in [-0.2, 0) is 0 Å². The van der Waals surface area contributed by atoms with E-state index in [1.807, 2.05) is 0 Å². The highest BCUT2D eigenvalue weighted by molar-refractivity contribution is 5.53. The van der Waals surface area contributed by atoms with Crippen LogP contribution in [0.15, 0.2) is 30.0 Å². The average molecular weight is 412 g/mol. The predicted octanol–water partition coefficient (Wildman–Crippen LogP) is 4.33. The molecule has 4 fully saturated rings. The molecule has 1 spiro atoms. The van der Waals surface area contributed by atoms with Gasteiger partial charge in [-0.1, -0.05) is 12.8 Å². The highest BCUT2D eigenvalue weighted by atomic mass is 16.6. The second-order valence-electron chi connectivity index (χ2n) is 10.2. The molecule has 162 valence electrons. The third-order valence-corrected chi connectivity index (χ3v) is 8.11.